The fourth-order valence-corrected chi connectivity index (χ4v) is 6.05. The van der Waals surface area contributed by atoms with Gasteiger partial charge in [0.05, 0.1) is 5.69 Å². The summed E-state index contributed by atoms with van der Waals surface area (Å²) < 4.78 is 12.1. The van der Waals surface area contributed by atoms with E-state index >= 15 is 0 Å². The summed E-state index contributed by atoms with van der Waals surface area (Å²) in [4.78, 5) is 26.4. The number of rotatable bonds is 12. The minimum atomic E-state index is -0.555. The molecule has 0 radical (unpaired) electrons. The highest BCUT2D eigenvalue weighted by molar-refractivity contribution is 5.76. The molecule has 0 spiro atoms. The van der Waals surface area contributed by atoms with Gasteiger partial charge in [0, 0.05) is 25.6 Å². The zero-order valence-electron chi connectivity index (χ0n) is 25.4. The first-order valence-corrected chi connectivity index (χ1v) is 14.8. The van der Waals surface area contributed by atoms with Crippen LogP contribution >= 0.6 is 0 Å². The number of esters is 1. The topological polar surface area (TPSA) is 67.9 Å². The minimum Gasteiger partial charge on any atom is -0.487 e. The van der Waals surface area contributed by atoms with Crippen LogP contribution in [-0.4, -0.2) is 29.4 Å². The van der Waals surface area contributed by atoms with Crippen LogP contribution < -0.4 is 10.1 Å². The van der Waals surface area contributed by atoms with Crippen LogP contribution in [-0.2, 0) is 40.3 Å². The Morgan fingerprint density at radius 1 is 0.907 bits per heavy atom. The van der Waals surface area contributed by atoms with Gasteiger partial charge in [-0.05, 0) is 84.7 Å². The fraction of sp³-hybridized carbons (Fsp3) is 0.297. The lowest BCUT2D eigenvalue weighted by molar-refractivity contribution is -0.148. The number of hydrogen-bond acceptors (Lipinski definition) is 5. The number of carbonyl (C=O) groups is 2. The van der Waals surface area contributed by atoms with E-state index in [2.05, 4.69) is 67.4 Å². The number of benzene rings is 4. The van der Waals surface area contributed by atoms with Crippen LogP contribution in [0.1, 0.15) is 58.9 Å². The molecule has 1 atom stereocenters. The van der Waals surface area contributed by atoms with Gasteiger partial charge in [0.2, 0.25) is 6.41 Å². The number of amides is 1. The van der Waals surface area contributed by atoms with Crippen molar-refractivity contribution < 1.29 is 19.1 Å². The Labute approximate surface area is 254 Å². The summed E-state index contributed by atoms with van der Waals surface area (Å²) in [5.41, 5.74) is 8.72. The van der Waals surface area contributed by atoms with E-state index in [0.717, 1.165) is 24.0 Å². The van der Waals surface area contributed by atoms with Gasteiger partial charge in [-0.2, -0.15) is 0 Å². The van der Waals surface area contributed by atoms with Crippen LogP contribution in [0.3, 0.4) is 0 Å². The van der Waals surface area contributed by atoms with Crippen molar-refractivity contribution in [2.75, 3.05) is 11.9 Å². The average molecular weight is 577 g/mol. The van der Waals surface area contributed by atoms with Gasteiger partial charge in [-0.1, -0.05) is 78.9 Å². The molecule has 5 rings (SSSR count). The third kappa shape index (κ3) is 7.33. The molecular formula is C37H40N2O4. The Morgan fingerprint density at radius 2 is 1.51 bits per heavy atom. The van der Waals surface area contributed by atoms with Crippen molar-refractivity contribution in [1.29, 1.82) is 0 Å². The monoisotopic (exact) mass is 576 g/mol. The summed E-state index contributed by atoms with van der Waals surface area (Å²) in [7, 11) is 0. The Kier molecular flexibility index (Phi) is 9.27. The fourth-order valence-electron chi connectivity index (χ4n) is 6.05. The standard InChI is InChI=1S/C37H40N2O4/c1-26-17-32-20-37(4,21-33(32)18-27(26)2)39(22-29-11-7-5-8-12-29)23-36(43-28(3)41)31-15-16-35(34(19-31)38-25-40)42-24-30-13-9-6-10-14-30/h5-19,25,36H,20-24H2,1-4H3,(H,38,40). The summed E-state index contributed by atoms with van der Waals surface area (Å²) >= 11 is 0. The highest BCUT2D eigenvalue weighted by Crippen LogP contribution is 2.39. The largest absolute Gasteiger partial charge is 0.487 e. The number of anilines is 1. The van der Waals surface area contributed by atoms with Crippen LogP contribution in [0.4, 0.5) is 5.69 Å². The first kappa shape index (κ1) is 30.1. The quantitative estimate of drug-likeness (QED) is 0.144. The number of carbonyl (C=O) groups excluding carboxylic acids is 2. The summed E-state index contributed by atoms with van der Waals surface area (Å²) in [5.74, 6) is 0.191. The first-order valence-electron chi connectivity index (χ1n) is 14.8. The van der Waals surface area contributed by atoms with Crippen molar-refractivity contribution >= 4 is 18.1 Å². The molecule has 0 aliphatic heterocycles. The third-order valence-corrected chi connectivity index (χ3v) is 8.46. The molecule has 0 bridgehead atoms. The van der Waals surface area contributed by atoms with Crippen molar-refractivity contribution in [3.8, 4) is 5.75 Å². The van der Waals surface area contributed by atoms with E-state index in [9.17, 15) is 9.59 Å². The van der Waals surface area contributed by atoms with Gasteiger partial charge >= 0.3 is 5.97 Å². The van der Waals surface area contributed by atoms with E-state index < -0.39 is 6.10 Å². The molecule has 0 fully saturated rings. The number of fused-ring (bicyclic) bond motifs is 1. The smallest absolute Gasteiger partial charge is 0.303 e. The maximum Gasteiger partial charge on any atom is 0.303 e. The summed E-state index contributed by atoms with van der Waals surface area (Å²) in [6, 6.07) is 30.5. The zero-order chi connectivity index (χ0) is 30.4. The van der Waals surface area contributed by atoms with E-state index in [0.29, 0.717) is 37.5 Å². The SMILES string of the molecule is CC(=O)OC(CN(Cc1ccccc1)C1(C)Cc2cc(C)c(C)cc2C1)c1ccc(OCc2ccccc2)c(NC=O)c1. The molecule has 4 aromatic carbocycles. The molecule has 6 heteroatoms. The predicted molar refractivity (Wildman–Crippen MR) is 170 cm³/mol. The van der Waals surface area contributed by atoms with Crippen molar-refractivity contribution in [1.82, 2.24) is 4.90 Å². The first-order chi connectivity index (χ1) is 20.7. The maximum absolute atomic E-state index is 12.4. The molecular weight excluding hydrogens is 536 g/mol. The number of nitrogens with one attached hydrogen (secondary N) is 1. The summed E-state index contributed by atoms with van der Waals surface area (Å²) in [6.07, 6.45) is 1.90. The van der Waals surface area contributed by atoms with Gasteiger partial charge in [-0.15, -0.1) is 0 Å². The van der Waals surface area contributed by atoms with Gasteiger partial charge in [-0.3, -0.25) is 14.5 Å². The third-order valence-electron chi connectivity index (χ3n) is 8.46. The number of hydrogen-bond donors (Lipinski definition) is 1. The average Bonchev–Trinajstić information content (AvgIpc) is 3.32. The van der Waals surface area contributed by atoms with E-state index in [-0.39, 0.29) is 11.5 Å². The normalized spacial score (nSPS) is 14.2. The van der Waals surface area contributed by atoms with Crippen molar-refractivity contribution in [3.05, 3.63) is 130 Å². The van der Waals surface area contributed by atoms with Crippen molar-refractivity contribution in [2.45, 2.75) is 65.3 Å². The molecule has 1 amide bonds. The van der Waals surface area contributed by atoms with Gasteiger partial charge < -0.3 is 14.8 Å². The minimum absolute atomic E-state index is 0.181. The molecule has 6 nitrogen and oxygen atoms in total. The van der Waals surface area contributed by atoms with Crippen LogP contribution in [0.25, 0.3) is 0 Å². The molecule has 0 aromatic heterocycles. The van der Waals surface area contributed by atoms with Gasteiger partial charge in [0.15, 0.2) is 0 Å². The molecule has 0 saturated carbocycles. The number of aryl methyl sites for hydroxylation is 2. The molecule has 0 saturated heterocycles. The Bertz CT molecular complexity index is 1540. The highest BCUT2D eigenvalue weighted by Gasteiger charge is 2.40. The Balaban J connectivity index is 1.46. The summed E-state index contributed by atoms with van der Waals surface area (Å²) in [5, 5.41) is 2.78. The van der Waals surface area contributed by atoms with Crippen LogP contribution in [0.5, 0.6) is 5.75 Å². The maximum atomic E-state index is 12.4. The number of ether oxygens (including phenoxy) is 2. The molecule has 4 aromatic rings. The molecule has 43 heavy (non-hydrogen) atoms. The zero-order valence-corrected chi connectivity index (χ0v) is 25.4. The summed E-state index contributed by atoms with van der Waals surface area (Å²) in [6.45, 7) is 9.65. The lowest BCUT2D eigenvalue weighted by Crippen LogP contribution is -2.48. The van der Waals surface area contributed by atoms with E-state index in [1.165, 1.54) is 34.7 Å². The number of nitrogens with zero attached hydrogens (tertiary/aromatic N) is 1. The second-order valence-corrected chi connectivity index (χ2v) is 11.8. The Hall–Kier alpha value is -4.42. The van der Waals surface area contributed by atoms with E-state index in [1.807, 2.05) is 54.6 Å². The molecule has 1 N–H and O–H groups in total. The van der Waals surface area contributed by atoms with Crippen LogP contribution in [0.15, 0.2) is 91.0 Å². The molecule has 1 aliphatic carbocycles. The van der Waals surface area contributed by atoms with E-state index in [1.54, 1.807) is 0 Å². The Morgan fingerprint density at radius 3 is 2.09 bits per heavy atom. The second kappa shape index (κ2) is 13.3. The second-order valence-electron chi connectivity index (χ2n) is 11.8. The lowest BCUT2D eigenvalue weighted by atomic mass is 9.93. The van der Waals surface area contributed by atoms with Gasteiger partial charge in [-0.25, -0.2) is 0 Å². The molecule has 1 unspecified atom stereocenters. The van der Waals surface area contributed by atoms with Crippen molar-refractivity contribution in [3.63, 3.8) is 0 Å². The van der Waals surface area contributed by atoms with E-state index in [4.69, 9.17) is 9.47 Å². The molecule has 222 valence electrons. The molecule has 0 heterocycles. The van der Waals surface area contributed by atoms with Gasteiger partial charge in [0.1, 0.15) is 18.5 Å². The van der Waals surface area contributed by atoms with Crippen LogP contribution in [0, 0.1) is 13.8 Å². The lowest BCUT2D eigenvalue weighted by Gasteiger charge is -2.40. The predicted octanol–water partition coefficient (Wildman–Crippen LogP) is 7.11. The van der Waals surface area contributed by atoms with Crippen molar-refractivity contribution in [2.24, 2.45) is 0 Å². The van der Waals surface area contributed by atoms with Crippen LogP contribution in [0.2, 0.25) is 0 Å². The highest BCUT2D eigenvalue weighted by atomic mass is 16.5. The van der Waals surface area contributed by atoms with Gasteiger partial charge in [0.25, 0.3) is 0 Å². The molecule has 1 aliphatic rings.